The zero-order chi connectivity index (χ0) is 8.48. The fourth-order valence-electron chi connectivity index (χ4n) is 1.39. The molecule has 1 aliphatic rings. The van der Waals surface area contributed by atoms with Gasteiger partial charge in [0.2, 0.25) is 0 Å². The van der Waals surface area contributed by atoms with Gasteiger partial charge in [0, 0.05) is 0 Å². The van der Waals surface area contributed by atoms with Crippen molar-refractivity contribution in [2.75, 3.05) is 26.7 Å². The van der Waals surface area contributed by atoms with E-state index in [0.29, 0.717) is 16.0 Å². The average molecular weight is 177 g/mol. The van der Waals surface area contributed by atoms with Crippen LogP contribution in [0.15, 0.2) is 0 Å². The van der Waals surface area contributed by atoms with E-state index < -0.39 is 0 Å². The summed E-state index contributed by atoms with van der Waals surface area (Å²) in [6.45, 7) is 7.29. The SMILES string of the molecule is CC(C)C1C[N+](C)(Cl)CC[N]1. The normalized spacial score (nSPS) is 39.5. The van der Waals surface area contributed by atoms with Gasteiger partial charge < -0.3 is 0 Å². The summed E-state index contributed by atoms with van der Waals surface area (Å²) < 4.78 is 0.617. The first-order valence-corrected chi connectivity index (χ1v) is 4.56. The van der Waals surface area contributed by atoms with Gasteiger partial charge in [-0.1, -0.05) is 13.8 Å². The Hall–Kier alpha value is 0.210. The molecule has 3 heteroatoms. The Labute approximate surface area is 74.2 Å². The minimum Gasteiger partial charge on any atom is -0.226 e. The van der Waals surface area contributed by atoms with Crippen molar-refractivity contribution in [1.82, 2.24) is 5.32 Å². The second-order valence-electron chi connectivity index (χ2n) is 3.89. The molecule has 2 unspecified atom stereocenters. The first kappa shape index (κ1) is 9.30. The van der Waals surface area contributed by atoms with Gasteiger partial charge in [-0.3, -0.25) is 0 Å². The third kappa shape index (κ3) is 2.62. The molecule has 1 fully saturated rings. The smallest absolute Gasteiger partial charge is 0.165 e. The molecule has 11 heavy (non-hydrogen) atoms. The highest BCUT2D eigenvalue weighted by Crippen LogP contribution is 2.17. The van der Waals surface area contributed by atoms with Crippen LogP contribution in [0.2, 0.25) is 0 Å². The van der Waals surface area contributed by atoms with E-state index in [4.69, 9.17) is 11.8 Å². The van der Waals surface area contributed by atoms with Gasteiger partial charge in [-0.15, -0.1) is 0 Å². The summed E-state index contributed by atoms with van der Waals surface area (Å²) in [6, 6.07) is 0.464. The lowest BCUT2D eigenvalue weighted by atomic mass is 10.0. The molecule has 0 aromatic carbocycles. The second-order valence-corrected chi connectivity index (χ2v) is 4.70. The molecule has 1 saturated heterocycles. The monoisotopic (exact) mass is 176 g/mol. The van der Waals surface area contributed by atoms with Crippen molar-refractivity contribution in [3.05, 3.63) is 0 Å². The van der Waals surface area contributed by atoms with Gasteiger partial charge in [0.1, 0.15) is 13.1 Å². The minimum atomic E-state index is 0.464. The molecule has 0 bridgehead atoms. The Bertz CT molecular complexity index is 134. The average Bonchev–Trinajstić information content (AvgIpc) is 1.85. The zero-order valence-electron chi connectivity index (χ0n) is 7.55. The molecule has 0 aliphatic carbocycles. The number of hydrogen-bond acceptors (Lipinski definition) is 0. The minimum absolute atomic E-state index is 0.464. The molecule has 65 valence electrons. The summed E-state index contributed by atoms with van der Waals surface area (Å²) in [5.41, 5.74) is 0. The summed E-state index contributed by atoms with van der Waals surface area (Å²) >= 11 is 6.19. The van der Waals surface area contributed by atoms with Crippen molar-refractivity contribution in [2.24, 2.45) is 5.92 Å². The van der Waals surface area contributed by atoms with Gasteiger partial charge in [0.05, 0.1) is 19.6 Å². The van der Waals surface area contributed by atoms with E-state index in [-0.39, 0.29) is 0 Å². The molecule has 1 rings (SSSR count). The molecule has 0 saturated carbocycles. The predicted molar refractivity (Wildman–Crippen MR) is 47.4 cm³/mol. The Morgan fingerprint density at radius 3 is 2.55 bits per heavy atom. The number of quaternary nitrogens is 1. The van der Waals surface area contributed by atoms with Crippen molar-refractivity contribution < 1.29 is 4.00 Å². The maximum absolute atomic E-state index is 6.19. The van der Waals surface area contributed by atoms with E-state index in [0.717, 1.165) is 19.6 Å². The maximum atomic E-state index is 6.19. The van der Waals surface area contributed by atoms with Gasteiger partial charge in [0.15, 0.2) is 11.8 Å². The molecule has 0 aromatic heterocycles. The van der Waals surface area contributed by atoms with Crippen molar-refractivity contribution in [3.63, 3.8) is 0 Å². The van der Waals surface area contributed by atoms with Crippen molar-refractivity contribution >= 4 is 11.8 Å². The van der Waals surface area contributed by atoms with Gasteiger partial charge in [-0.25, -0.2) is 9.32 Å². The van der Waals surface area contributed by atoms with E-state index in [1.165, 1.54) is 0 Å². The first-order valence-electron chi connectivity index (χ1n) is 4.22. The molecule has 0 spiro atoms. The lowest BCUT2D eigenvalue weighted by Gasteiger charge is -2.35. The molecule has 2 atom stereocenters. The van der Waals surface area contributed by atoms with E-state index in [9.17, 15) is 0 Å². The van der Waals surface area contributed by atoms with Crippen LogP contribution in [0.1, 0.15) is 13.8 Å². The lowest BCUT2D eigenvalue weighted by Crippen LogP contribution is -2.54. The molecule has 2 nitrogen and oxygen atoms in total. The highest BCUT2D eigenvalue weighted by atomic mass is 35.5. The number of rotatable bonds is 1. The molecule has 1 radical (unpaired) electrons. The standard InChI is InChI=1S/C8H17ClN2/c1-7(2)8-6-11(3,9)5-4-10-8/h7-8H,4-6H2,1-3H3/q+1. The van der Waals surface area contributed by atoms with Crippen molar-refractivity contribution in [2.45, 2.75) is 19.9 Å². The summed E-state index contributed by atoms with van der Waals surface area (Å²) in [7, 11) is 2.06. The predicted octanol–water partition coefficient (Wildman–Crippen LogP) is 1.23. The molecule has 0 N–H and O–H groups in total. The number of nitrogens with zero attached hydrogens (tertiary/aromatic N) is 2. The highest BCUT2D eigenvalue weighted by molar-refractivity contribution is 6.06. The third-order valence-corrected chi connectivity index (χ3v) is 2.57. The molecule has 1 aliphatic heterocycles. The molecular formula is C8H17ClN2+. The van der Waals surface area contributed by atoms with Crippen LogP contribution in [0.25, 0.3) is 0 Å². The van der Waals surface area contributed by atoms with E-state index in [2.05, 4.69) is 26.2 Å². The molecule has 1 heterocycles. The third-order valence-electron chi connectivity index (χ3n) is 2.27. The molecule has 0 aromatic rings. The fraction of sp³-hybridized carbons (Fsp3) is 1.00. The van der Waals surface area contributed by atoms with E-state index >= 15 is 0 Å². The van der Waals surface area contributed by atoms with Crippen molar-refractivity contribution in [1.29, 1.82) is 0 Å². The van der Waals surface area contributed by atoms with Gasteiger partial charge in [-0.05, 0) is 5.92 Å². The summed E-state index contributed by atoms with van der Waals surface area (Å²) in [6.07, 6.45) is 0. The first-order chi connectivity index (χ1) is 5.01. The Morgan fingerprint density at radius 2 is 2.18 bits per heavy atom. The fourth-order valence-corrected chi connectivity index (χ4v) is 1.61. The van der Waals surface area contributed by atoms with Gasteiger partial charge >= 0.3 is 0 Å². The maximum Gasteiger partial charge on any atom is 0.165 e. The van der Waals surface area contributed by atoms with Gasteiger partial charge in [-0.2, -0.15) is 0 Å². The Morgan fingerprint density at radius 1 is 1.55 bits per heavy atom. The van der Waals surface area contributed by atoms with Crippen molar-refractivity contribution in [3.8, 4) is 0 Å². The van der Waals surface area contributed by atoms with Crippen LogP contribution in [-0.4, -0.2) is 36.7 Å². The van der Waals surface area contributed by atoms with E-state index in [1.54, 1.807) is 0 Å². The van der Waals surface area contributed by atoms with Crippen LogP contribution in [0, 0.1) is 5.92 Å². The largest absolute Gasteiger partial charge is 0.226 e. The summed E-state index contributed by atoms with van der Waals surface area (Å²) in [5, 5.41) is 4.52. The zero-order valence-corrected chi connectivity index (χ0v) is 8.30. The number of likely N-dealkylation sites (N-methyl/N-ethyl adjacent to an activating group) is 1. The topological polar surface area (TPSA) is 14.1 Å². The number of halogens is 1. The van der Waals surface area contributed by atoms with E-state index in [1.807, 2.05) is 0 Å². The van der Waals surface area contributed by atoms with Crippen LogP contribution in [-0.2, 0) is 0 Å². The molecule has 0 amide bonds. The van der Waals surface area contributed by atoms with Gasteiger partial charge in [0.25, 0.3) is 0 Å². The summed E-state index contributed by atoms with van der Waals surface area (Å²) in [4.78, 5) is 0. The quantitative estimate of drug-likeness (QED) is 0.534. The Kier molecular flexibility index (Phi) is 2.79. The van der Waals surface area contributed by atoms with Crippen LogP contribution in [0.5, 0.6) is 0 Å². The number of hydrogen-bond donors (Lipinski definition) is 0. The van der Waals surface area contributed by atoms with Crippen LogP contribution in [0.4, 0.5) is 0 Å². The number of piperazine rings is 1. The highest BCUT2D eigenvalue weighted by Gasteiger charge is 2.32. The Balaban J connectivity index is 2.46. The molecular weight excluding hydrogens is 160 g/mol. The lowest BCUT2D eigenvalue weighted by molar-refractivity contribution is -0.800. The van der Waals surface area contributed by atoms with Crippen LogP contribution in [0.3, 0.4) is 0 Å². The van der Waals surface area contributed by atoms with Crippen LogP contribution < -0.4 is 5.32 Å². The van der Waals surface area contributed by atoms with Crippen LogP contribution >= 0.6 is 11.8 Å². The summed E-state index contributed by atoms with van der Waals surface area (Å²) in [5.74, 6) is 0.631. The second kappa shape index (κ2) is 3.30.